The summed E-state index contributed by atoms with van der Waals surface area (Å²) in [6, 6.07) is 4.55. The van der Waals surface area contributed by atoms with Crippen LogP contribution in [0.3, 0.4) is 0 Å². The van der Waals surface area contributed by atoms with E-state index in [1.807, 2.05) is 0 Å². The first kappa shape index (κ1) is 16.6. The molecule has 1 heterocycles. The van der Waals surface area contributed by atoms with Crippen LogP contribution >= 0.6 is 0 Å². The van der Waals surface area contributed by atoms with E-state index >= 15 is 0 Å². The molecular weight excluding hydrogens is 301 g/mol. The Morgan fingerprint density at radius 1 is 1.50 bits per heavy atom. The molecule has 0 bridgehead atoms. The molecule has 0 aromatic heterocycles. The summed E-state index contributed by atoms with van der Waals surface area (Å²) in [4.78, 5) is 12.1. The van der Waals surface area contributed by atoms with Gasteiger partial charge < -0.3 is 20.1 Å². The highest BCUT2D eigenvalue weighted by molar-refractivity contribution is 5.95. The van der Waals surface area contributed by atoms with Crippen LogP contribution < -0.4 is 15.4 Å². The number of morpholine rings is 1. The summed E-state index contributed by atoms with van der Waals surface area (Å²) < 4.78 is 46.7. The van der Waals surface area contributed by atoms with Crippen molar-refractivity contribution in [2.75, 3.05) is 31.6 Å². The molecule has 1 aromatic rings. The predicted octanol–water partition coefficient (Wildman–Crippen LogP) is 1.86. The van der Waals surface area contributed by atoms with E-state index in [-0.39, 0.29) is 11.7 Å². The van der Waals surface area contributed by atoms with Crippen LogP contribution in [0.5, 0.6) is 5.75 Å². The van der Waals surface area contributed by atoms with Gasteiger partial charge in [-0.25, -0.2) is 0 Å². The van der Waals surface area contributed by atoms with E-state index in [9.17, 15) is 18.0 Å². The highest BCUT2D eigenvalue weighted by Crippen LogP contribution is 2.27. The number of amides is 1. The predicted molar refractivity (Wildman–Crippen MR) is 74.0 cm³/mol. The Morgan fingerprint density at radius 2 is 2.27 bits per heavy atom. The Labute approximate surface area is 125 Å². The maximum Gasteiger partial charge on any atom is 0.422 e. The third kappa shape index (κ3) is 4.60. The minimum absolute atomic E-state index is 0.0813. The minimum Gasteiger partial charge on any atom is -0.484 e. The summed E-state index contributed by atoms with van der Waals surface area (Å²) in [5.41, 5.74) is 0.836. The first-order chi connectivity index (χ1) is 10.4. The van der Waals surface area contributed by atoms with Gasteiger partial charge in [0.1, 0.15) is 11.9 Å². The Balaban J connectivity index is 2.03. The van der Waals surface area contributed by atoms with Crippen LogP contribution in [-0.2, 0) is 9.53 Å². The monoisotopic (exact) mass is 318 g/mol. The normalized spacial score (nSPS) is 18.8. The number of halogens is 3. The van der Waals surface area contributed by atoms with Gasteiger partial charge in [0.2, 0.25) is 0 Å². The van der Waals surface area contributed by atoms with Crippen LogP contribution in [0.4, 0.5) is 18.9 Å². The second-order valence-electron chi connectivity index (χ2n) is 4.89. The molecule has 5 nitrogen and oxygen atoms in total. The molecule has 0 radical (unpaired) electrons. The molecule has 1 aliphatic rings. The zero-order valence-corrected chi connectivity index (χ0v) is 12.0. The second kappa shape index (κ2) is 6.97. The number of anilines is 1. The minimum atomic E-state index is -4.41. The standard InChI is InChI=1S/C14H17F3N2O3/c1-9-10(19-13(20)12-7-18-5-6-21-12)3-2-4-11(9)22-8-14(15,16)17/h2-4,12,18H,5-8H2,1H3,(H,19,20). The summed E-state index contributed by atoms with van der Waals surface area (Å²) in [6.45, 7) is 1.73. The zero-order valence-electron chi connectivity index (χ0n) is 12.0. The average Bonchev–Trinajstić information content (AvgIpc) is 2.48. The van der Waals surface area contributed by atoms with Gasteiger partial charge in [-0.05, 0) is 19.1 Å². The molecule has 1 fully saturated rings. The fraction of sp³-hybridized carbons (Fsp3) is 0.500. The maximum absolute atomic E-state index is 12.2. The molecule has 1 aromatic carbocycles. The van der Waals surface area contributed by atoms with Gasteiger partial charge in [-0.2, -0.15) is 13.2 Å². The number of nitrogens with one attached hydrogen (secondary N) is 2. The van der Waals surface area contributed by atoms with Crippen LogP contribution in [0.1, 0.15) is 5.56 Å². The fourth-order valence-electron chi connectivity index (χ4n) is 2.01. The number of benzene rings is 1. The van der Waals surface area contributed by atoms with Crippen LogP contribution in [0.25, 0.3) is 0 Å². The summed E-state index contributed by atoms with van der Waals surface area (Å²) in [5.74, 6) is -0.263. The van der Waals surface area contributed by atoms with E-state index in [0.717, 1.165) is 0 Å². The van der Waals surface area contributed by atoms with Crippen molar-refractivity contribution < 1.29 is 27.4 Å². The van der Waals surface area contributed by atoms with Gasteiger partial charge in [0.15, 0.2) is 6.61 Å². The van der Waals surface area contributed by atoms with E-state index in [1.165, 1.54) is 12.1 Å². The number of ether oxygens (including phenoxy) is 2. The topological polar surface area (TPSA) is 59.6 Å². The van der Waals surface area contributed by atoms with Crippen LogP contribution in [0.2, 0.25) is 0 Å². The van der Waals surface area contributed by atoms with Gasteiger partial charge in [0.05, 0.1) is 6.61 Å². The highest BCUT2D eigenvalue weighted by Gasteiger charge is 2.29. The number of hydrogen-bond donors (Lipinski definition) is 2. The number of carbonyl (C=O) groups excluding carboxylic acids is 1. The van der Waals surface area contributed by atoms with Gasteiger partial charge in [-0.1, -0.05) is 6.07 Å². The van der Waals surface area contributed by atoms with Crippen molar-refractivity contribution in [2.24, 2.45) is 0 Å². The lowest BCUT2D eigenvalue weighted by Crippen LogP contribution is -2.45. The van der Waals surface area contributed by atoms with E-state index < -0.39 is 18.9 Å². The van der Waals surface area contributed by atoms with Crippen molar-refractivity contribution in [3.8, 4) is 5.75 Å². The van der Waals surface area contributed by atoms with Crippen LogP contribution in [-0.4, -0.2) is 44.5 Å². The molecule has 1 aliphatic heterocycles. The highest BCUT2D eigenvalue weighted by atomic mass is 19.4. The molecule has 1 saturated heterocycles. The molecule has 0 saturated carbocycles. The smallest absolute Gasteiger partial charge is 0.422 e. The quantitative estimate of drug-likeness (QED) is 0.890. The molecule has 2 rings (SSSR count). The number of alkyl halides is 3. The Morgan fingerprint density at radius 3 is 2.91 bits per heavy atom. The first-order valence-corrected chi connectivity index (χ1v) is 6.79. The molecule has 1 amide bonds. The van der Waals surface area contributed by atoms with Crippen molar-refractivity contribution in [3.63, 3.8) is 0 Å². The van der Waals surface area contributed by atoms with E-state index in [2.05, 4.69) is 10.6 Å². The van der Waals surface area contributed by atoms with Gasteiger partial charge in [0.25, 0.3) is 5.91 Å². The van der Waals surface area contributed by atoms with E-state index in [0.29, 0.717) is 30.9 Å². The molecule has 0 aliphatic carbocycles. The number of rotatable bonds is 4. The van der Waals surface area contributed by atoms with Gasteiger partial charge in [0, 0.05) is 24.3 Å². The Hall–Kier alpha value is -1.80. The lowest BCUT2D eigenvalue weighted by molar-refractivity contribution is -0.153. The SMILES string of the molecule is Cc1c(NC(=O)C2CNCCO2)cccc1OCC(F)(F)F. The molecule has 1 atom stereocenters. The third-order valence-electron chi connectivity index (χ3n) is 3.15. The Bertz CT molecular complexity index is 529. The summed E-state index contributed by atoms with van der Waals surface area (Å²) >= 11 is 0. The molecular formula is C14H17F3N2O3. The molecule has 8 heteroatoms. The summed E-state index contributed by atoms with van der Waals surface area (Å²) in [7, 11) is 0. The van der Waals surface area contributed by atoms with Gasteiger partial charge >= 0.3 is 6.18 Å². The maximum atomic E-state index is 12.2. The lowest BCUT2D eigenvalue weighted by atomic mass is 10.1. The number of carbonyl (C=O) groups is 1. The van der Waals surface area contributed by atoms with E-state index in [1.54, 1.807) is 13.0 Å². The number of hydrogen-bond acceptors (Lipinski definition) is 4. The van der Waals surface area contributed by atoms with E-state index in [4.69, 9.17) is 9.47 Å². The first-order valence-electron chi connectivity index (χ1n) is 6.79. The second-order valence-corrected chi connectivity index (χ2v) is 4.89. The van der Waals surface area contributed by atoms with Crippen molar-refractivity contribution >= 4 is 11.6 Å². The molecule has 122 valence electrons. The van der Waals surface area contributed by atoms with Crippen LogP contribution in [0, 0.1) is 6.92 Å². The van der Waals surface area contributed by atoms with Crippen molar-refractivity contribution in [1.82, 2.24) is 5.32 Å². The third-order valence-corrected chi connectivity index (χ3v) is 3.15. The van der Waals surface area contributed by atoms with Crippen molar-refractivity contribution in [1.29, 1.82) is 0 Å². The molecule has 1 unspecified atom stereocenters. The fourth-order valence-corrected chi connectivity index (χ4v) is 2.01. The molecule has 2 N–H and O–H groups in total. The van der Waals surface area contributed by atoms with Crippen LogP contribution in [0.15, 0.2) is 18.2 Å². The summed E-state index contributed by atoms with van der Waals surface area (Å²) in [5, 5.41) is 5.68. The Kier molecular flexibility index (Phi) is 5.25. The van der Waals surface area contributed by atoms with Crippen molar-refractivity contribution in [2.45, 2.75) is 19.2 Å². The molecule has 22 heavy (non-hydrogen) atoms. The van der Waals surface area contributed by atoms with Gasteiger partial charge in [-0.15, -0.1) is 0 Å². The largest absolute Gasteiger partial charge is 0.484 e. The van der Waals surface area contributed by atoms with Crippen molar-refractivity contribution in [3.05, 3.63) is 23.8 Å². The summed E-state index contributed by atoms with van der Waals surface area (Å²) in [6.07, 6.45) is -5.03. The lowest BCUT2D eigenvalue weighted by Gasteiger charge is -2.23. The molecule has 0 spiro atoms. The average molecular weight is 318 g/mol. The zero-order chi connectivity index (χ0) is 16.2. The van der Waals surface area contributed by atoms with Gasteiger partial charge in [-0.3, -0.25) is 4.79 Å².